The van der Waals surface area contributed by atoms with Gasteiger partial charge in [-0.25, -0.2) is 4.98 Å². The Labute approximate surface area is 177 Å². The van der Waals surface area contributed by atoms with Gasteiger partial charge in [-0.15, -0.1) is 11.3 Å². The lowest BCUT2D eigenvalue weighted by atomic mass is 10.1. The number of hydrogen-bond donors (Lipinski definition) is 2. The lowest BCUT2D eigenvalue weighted by Crippen LogP contribution is -2.28. The van der Waals surface area contributed by atoms with Gasteiger partial charge >= 0.3 is 0 Å². The summed E-state index contributed by atoms with van der Waals surface area (Å²) in [5.74, 6) is 0.363. The monoisotopic (exact) mass is 419 g/mol. The summed E-state index contributed by atoms with van der Waals surface area (Å²) in [5, 5.41) is 9.02. The Morgan fingerprint density at radius 2 is 1.83 bits per heavy atom. The molecule has 0 aliphatic carbocycles. The van der Waals surface area contributed by atoms with Crippen molar-refractivity contribution in [3.63, 3.8) is 0 Å². The molecule has 2 aromatic carbocycles. The highest BCUT2D eigenvalue weighted by atomic mass is 32.1. The number of aryl methyl sites for hydroxylation is 1. The Balaban J connectivity index is 1.37. The largest absolute Gasteiger partial charge is 0.459 e. The third-order valence-electron chi connectivity index (χ3n) is 4.80. The van der Waals surface area contributed by atoms with Crippen LogP contribution in [0.25, 0.3) is 11.0 Å². The van der Waals surface area contributed by atoms with Gasteiger partial charge in [0.1, 0.15) is 11.3 Å². The van der Waals surface area contributed by atoms with Crippen molar-refractivity contribution in [1.82, 2.24) is 10.3 Å². The molecular weight excluding hydrogens is 398 g/mol. The summed E-state index contributed by atoms with van der Waals surface area (Å²) in [6.45, 7) is 3.89. The normalized spacial score (nSPS) is 11.9. The van der Waals surface area contributed by atoms with Crippen LogP contribution in [-0.2, 0) is 11.2 Å². The number of nitrogens with one attached hydrogen (secondary N) is 2. The second-order valence-electron chi connectivity index (χ2n) is 7.02. The summed E-state index contributed by atoms with van der Waals surface area (Å²) < 4.78 is 5.93. The van der Waals surface area contributed by atoms with Crippen molar-refractivity contribution in [2.24, 2.45) is 0 Å². The van der Waals surface area contributed by atoms with E-state index in [0.717, 1.165) is 22.3 Å². The van der Waals surface area contributed by atoms with Crippen LogP contribution >= 0.6 is 11.3 Å². The molecule has 7 heteroatoms. The third-order valence-corrected chi connectivity index (χ3v) is 5.61. The molecule has 0 radical (unpaired) electrons. The van der Waals surface area contributed by atoms with E-state index in [2.05, 4.69) is 15.6 Å². The van der Waals surface area contributed by atoms with E-state index in [1.807, 2.05) is 44.2 Å². The van der Waals surface area contributed by atoms with E-state index >= 15 is 0 Å². The van der Waals surface area contributed by atoms with Crippen LogP contribution in [-0.4, -0.2) is 16.8 Å². The number of furan rings is 1. The van der Waals surface area contributed by atoms with E-state index in [1.54, 1.807) is 29.6 Å². The molecule has 2 amide bonds. The predicted octanol–water partition coefficient (Wildman–Crippen LogP) is 4.87. The number of carbonyl (C=O) groups excluding carboxylic acids is 2. The Hall–Kier alpha value is -3.45. The number of aromatic nitrogens is 1. The highest BCUT2D eigenvalue weighted by Crippen LogP contribution is 2.29. The van der Waals surface area contributed by atoms with E-state index in [9.17, 15) is 9.59 Å². The van der Waals surface area contributed by atoms with Gasteiger partial charge in [-0.05, 0) is 32.0 Å². The van der Waals surface area contributed by atoms with Gasteiger partial charge < -0.3 is 9.73 Å². The van der Waals surface area contributed by atoms with Crippen molar-refractivity contribution in [3.8, 4) is 0 Å². The summed E-state index contributed by atoms with van der Waals surface area (Å²) in [4.78, 5) is 29.1. The fraction of sp³-hybridized carbons (Fsp3) is 0.174. The molecule has 2 N–H and O–H groups in total. The first kappa shape index (κ1) is 19.8. The molecule has 4 rings (SSSR count). The van der Waals surface area contributed by atoms with E-state index in [1.165, 1.54) is 11.3 Å². The number of rotatable bonds is 6. The van der Waals surface area contributed by atoms with Crippen LogP contribution in [0.5, 0.6) is 0 Å². The van der Waals surface area contributed by atoms with Gasteiger partial charge in [0.15, 0.2) is 5.13 Å². The first-order valence-electron chi connectivity index (χ1n) is 9.59. The molecule has 0 saturated carbocycles. The van der Waals surface area contributed by atoms with Gasteiger partial charge in [-0.1, -0.05) is 36.4 Å². The van der Waals surface area contributed by atoms with Crippen molar-refractivity contribution in [3.05, 3.63) is 82.6 Å². The Morgan fingerprint density at radius 1 is 1.10 bits per heavy atom. The van der Waals surface area contributed by atoms with Gasteiger partial charge in [-0.3, -0.25) is 14.9 Å². The molecule has 0 spiro atoms. The number of anilines is 1. The standard InChI is InChI=1S/C23H21N3O3S/c1-14-18-10-6-7-11-19(18)29-21(14)15(2)24-20(27)12-17-13-30-23(25-17)26-22(28)16-8-4-3-5-9-16/h3-11,13,15H,12H2,1-2H3,(H,24,27)(H,25,26,28). The molecule has 0 aliphatic rings. The predicted molar refractivity (Wildman–Crippen MR) is 118 cm³/mol. The smallest absolute Gasteiger partial charge is 0.257 e. The summed E-state index contributed by atoms with van der Waals surface area (Å²) in [5.41, 5.74) is 3.00. The third kappa shape index (κ3) is 4.26. The molecule has 0 bridgehead atoms. The molecule has 2 heterocycles. The summed E-state index contributed by atoms with van der Waals surface area (Å²) in [7, 11) is 0. The average molecular weight is 420 g/mol. The maximum atomic E-state index is 12.5. The van der Waals surface area contributed by atoms with Crippen molar-refractivity contribution in [2.45, 2.75) is 26.3 Å². The van der Waals surface area contributed by atoms with Crippen LogP contribution in [0, 0.1) is 6.92 Å². The number of amides is 2. The van der Waals surface area contributed by atoms with Crippen LogP contribution in [0.3, 0.4) is 0 Å². The van der Waals surface area contributed by atoms with Crippen molar-refractivity contribution < 1.29 is 14.0 Å². The van der Waals surface area contributed by atoms with Crippen molar-refractivity contribution in [1.29, 1.82) is 0 Å². The summed E-state index contributed by atoms with van der Waals surface area (Å²) in [6.07, 6.45) is 0.126. The van der Waals surface area contributed by atoms with Crippen LogP contribution in [0.1, 0.15) is 40.3 Å². The fourth-order valence-corrected chi connectivity index (χ4v) is 4.04. The summed E-state index contributed by atoms with van der Waals surface area (Å²) >= 11 is 1.29. The molecule has 0 fully saturated rings. The van der Waals surface area contributed by atoms with Gasteiger partial charge in [0.2, 0.25) is 5.91 Å². The zero-order valence-corrected chi connectivity index (χ0v) is 17.5. The van der Waals surface area contributed by atoms with Gasteiger partial charge in [0, 0.05) is 21.9 Å². The highest BCUT2D eigenvalue weighted by Gasteiger charge is 2.19. The van der Waals surface area contributed by atoms with E-state index in [4.69, 9.17) is 4.42 Å². The number of benzene rings is 2. The van der Waals surface area contributed by atoms with Crippen molar-refractivity contribution in [2.75, 3.05) is 5.32 Å². The lowest BCUT2D eigenvalue weighted by Gasteiger charge is -2.12. The Bertz CT molecular complexity index is 1200. The quantitative estimate of drug-likeness (QED) is 0.467. The molecule has 152 valence electrons. The molecule has 30 heavy (non-hydrogen) atoms. The fourth-order valence-electron chi connectivity index (χ4n) is 3.33. The second kappa shape index (κ2) is 8.51. The number of para-hydroxylation sites is 1. The minimum atomic E-state index is -0.263. The topological polar surface area (TPSA) is 84.2 Å². The van der Waals surface area contributed by atoms with Crippen LogP contribution in [0.15, 0.2) is 64.4 Å². The van der Waals surface area contributed by atoms with Crippen molar-refractivity contribution >= 4 is 39.3 Å². The first-order chi connectivity index (χ1) is 14.5. The zero-order chi connectivity index (χ0) is 21.1. The highest BCUT2D eigenvalue weighted by molar-refractivity contribution is 7.14. The molecule has 0 saturated heterocycles. The van der Waals surface area contributed by atoms with E-state index in [-0.39, 0.29) is 24.3 Å². The molecule has 4 aromatic rings. The SMILES string of the molecule is Cc1c(C(C)NC(=O)Cc2csc(NC(=O)c3ccccc3)n2)oc2ccccc12. The molecule has 2 aromatic heterocycles. The van der Waals surface area contributed by atoms with Gasteiger partial charge in [-0.2, -0.15) is 0 Å². The Morgan fingerprint density at radius 3 is 2.60 bits per heavy atom. The summed E-state index contributed by atoms with van der Waals surface area (Å²) in [6, 6.07) is 16.5. The minimum absolute atomic E-state index is 0.126. The number of nitrogens with zero attached hydrogens (tertiary/aromatic N) is 1. The van der Waals surface area contributed by atoms with Crippen LogP contribution < -0.4 is 10.6 Å². The zero-order valence-electron chi connectivity index (χ0n) is 16.6. The average Bonchev–Trinajstić information content (AvgIpc) is 3.32. The molecular formula is C23H21N3O3S. The first-order valence-corrected chi connectivity index (χ1v) is 10.5. The maximum Gasteiger partial charge on any atom is 0.257 e. The number of carbonyl (C=O) groups is 2. The second-order valence-corrected chi connectivity index (χ2v) is 7.88. The van der Waals surface area contributed by atoms with E-state index < -0.39 is 0 Å². The molecule has 1 unspecified atom stereocenters. The van der Waals surface area contributed by atoms with E-state index in [0.29, 0.717) is 16.4 Å². The molecule has 0 aliphatic heterocycles. The maximum absolute atomic E-state index is 12.5. The Kier molecular flexibility index (Phi) is 5.63. The lowest BCUT2D eigenvalue weighted by molar-refractivity contribution is -0.121. The number of thiazole rings is 1. The number of fused-ring (bicyclic) bond motifs is 1. The number of hydrogen-bond acceptors (Lipinski definition) is 5. The van der Waals surface area contributed by atoms with Gasteiger partial charge in [0.05, 0.1) is 18.2 Å². The van der Waals surface area contributed by atoms with Gasteiger partial charge in [0.25, 0.3) is 5.91 Å². The molecule has 6 nitrogen and oxygen atoms in total. The molecule has 1 atom stereocenters. The minimum Gasteiger partial charge on any atom is -0.459 e. The van der Waals surface area contributed by atoms with Crippen LogP contribution in [0.2, 0.25) is 0 Å². The van der Waals surface area contributed by atoms with Crippen LogP contribution in [0.4, 0.5) is 5.13 Å².